The second-order valence-electron chi connectivity index (χ2n) is 2.59. The number of hydrogen-bond donors (Lipinski definition) is 0. The Hall–Kier alpha value is -1.20. The standard InChI is InChI=1S/C9H6O3S2/c1-12-8(11)5-4-14-9-7(5)6(10)2-3-13-9/h2-4H,1H3. The SMILES string of the molecule is COC(=O)c1csc2sccc(=O)c12. The summed E-state index contributed by atoms with van der Waals surface area (Å²) in [5.41, 5.74) is 0.245. The summed E-state index contributed by atoms with van der Waals surface area (Å²) in [6.07, 6.45) is 0. The molecule has 0 radical (unpaired) electrons. The van der Waals surface area contributed by atoms with Gasteiger partial charge in [-0.2, -0.15) is 0 Å². The predicted octanol–water partition coefficient (Wildman–Crippen LogP) is 2.11. The first-order valence-corrected chi connectivity index (χ1v) is 5.57. The Bertz CT molecular complexity index is 538. The van der Waals surface area contributed by atoms with Gasteiger partial charge >= 0.3 is 5.97 Å². The van der Waals surface area contributed by atoms with Gasteiger partial charge in [0.2, 0.25) is 0 Å². The van der Waals surface area contributed by atoms with Crippen LogP contribution in [0.3, 0.4) is 0 Å². The molecule has 2 aromatic rings. The third-order valence-electron chi connectivity index (χ3n) is 1.80. The zero-order chi connectivity index (χ0) is 10.1. The number of ether oxygens (including phenoxy) is 1. The summed E-state index contributed by atoms with van der Waals surface area (Å²) in [6.45, 7) is 0. The molecule has 14 heavy (non-hydrogen) atoms. The molecule has 0 saturated heterocycles. The van der Waals surface area contributed by atoms with Crippen molar-refractivity contribution in [3.8, 4) is 0 Å². The molecule has 0 amide bonds. The molecule has 0 fully saturated rings. The number of carbonyl (C=O) groups is 1. The largest absolute Gasteiger partial charge is 0.465 e. The highest BCUT2D eigenvalue weighted by Gasteiger charge is 2.14. The lowest BCUT2D eigenvalue weighted by Gasteiger charge is -1.94. The summed E-state index contributed by atoms with van der Waals surface area (Å²) in [5.74, 6) is -0.452. The van der Waals surface area contributed by atoms with Crippen LogP contribution in [0.15, 0.2) is 21.6 Å². The zero-order valence-electron chi connectivity index (χ0n) is 7.27. The minimum absolute atomic E-state index is 0.125. The van der Waals surface area contributed by atoms with Gasteiger partial charge in [-0.3, -0.25) is 4.79 Å². The molecule has 3 nitrogen and oxygen atoms in total. The van der Waals surface area contributed by atoms with E-state index in [-0.39, 0.29) is 5.43 Å². The summed E-state index contributed by atoms with van der Waals surface area (Å²) in [7, 11) is 1.31. The molecule has 0 atom stereocenters. The normalized spacial score (nSPS) is 10.4. The fraction of sp³-hybridized carbons (Fsp3) is 0.111. The molecular formula is C9H6O3S2. The zero-order valence-corrected chi connectivity index (χ0v) is 8.91. The van der Waals surface area contributed by atoms with Crippen molar-refractivity contribution in [2.24, 2.45) is 0 Å². The van der Waals surface area contributed by atoms with E-state index in [9.17, 15) is 9.59 Å². The van der Waals surface area contributed by atoms with Crippen molar-refractivity contribution in [1.82, 2.24) is 0 Å². The first-order chi connectivity index (χ1) is 6.74. The van der Waals surface area contributed by atoms with Crippen LogP contribution in [-0.2, 0) is 4.74 Å². The first kappa shape index (κ1) is 9.36. The van der Waals surface area contributed by atoms with Crippen molar-refractivity contribution in [3.05, 3.63) is 32.6 Å². The van der Waals surface area contributed by atoms with Crippen LogP contribution in [0.2, 0.25) is 0 Å². The number of thiophene rings is 1. The fourth-order valence-electron chi connectivity index (χ4n) is 1.16. The van der Waals surface area contributed by atoms with E-state index in [0.29, 0.717) is 10.9 Å². The van der Waals surface area contributed by atoms with Crippen LogP contribution < -0.4 is 5.43 Å². The Kier molecular flexibility index (Phi) is 2.35. The second-order valence-corrected chi connectivity index (χ2v) is 4.64. The molecule has 72 valence electrons. The highest BCUT2D eigenvalue weighted by molar-refractivity contribution is 7.36. The molecule has 0 unspecified atom stereocenters. The number of rotatable bonds is 1. The van der Waals surface area contributed by atoms with E-state index >= 15 is 0 Å². The van der Waals surface area contributed by atoms with Crippen LogP contribution in [0.5, 0.6) is 0 Å². The lowest BCUT2D eigenvalue weighted by atomic mass is 10.2. The maximum absolute atomic E-state index is 11.5. The molecule has 5 heteroatoms. The van der Waals surface area contributed by atoms with Gasteiger partial charge in [0.25, 0.3) is 0 Å². The van der Waals surface area contributed by atoms with Gasteiger partial charge in [0.15, 0.2) is 5.43 Å². The van der Waals surface area contributed by atoms with E-state index in [1.54, 1.807) is 10.8 Å². The molecule has 0 N–H and O–H groups in total. The van der Waals surface area contributed by atoms with Crippen LogP contribution in [0.4, 0.5) is 0 Å². The minimum atomic E-state index is -0.452. The van der Waals surface area contributed by atoms with Crippen molar-refractivity contribution in [2.75, 3.05) is 7.11 Å². The highest BCUT2D eigenvalue weighted by atomic mass is 32.2. The number of carbonyl (C=O) groups excluding carboxylic acids is 1. The van der Waals surface area contributed by atoms with E-state index in [2.05, 4.69) is 4.74 Å². The van der Waals surface area contributed by atoms with Crippen molar-refractivity contribution in [3.63, 3.8) is 0 Å². The third-order valence-corrected chi connectivity index (χ3v) is 3.84. The molecule has 0 aliphatic carbocycles. The van der Waals surface area contributed by atoms with Gasteiger partial charge in [0.1, 0.15) is 0 Å². The summed E-state index contributed by atoms with van der Waals surface area (Å²) >= 11 is 2.84. The number of fused-ring (bicyclic) bond motifs is 1. The topological polar surface area (TPSA) is 43.4 Å². The van der Waals surface area contributed by atoms with Crippen molar-refractivity contribution in [1.29, 1.82) is 0 Å². The molecule has 2 aromatic heterocycles. The third kappa shape index (κ3) is 1.34. The van der Waals surface area contributed by atoms with Crippen LogP contribution in [0.25, 0.3) is 9.40 Å². The molecular weight excluding hydrogens is 220 g/mol. The van der Waals surface area contributed by atoms with Crippen LogP contribution in [0, 0.1) is 0 Å². The first-order valence-electron chi connectivity index (χ1n) is 3.81. The Labute approximate surface area is 87.6 Å². The molecule has 2 heterocycles. The number of methoxy groups -OCH3 is 1. The average molecular weight is 226 g/mol. The molecule has 2 rings (SSSR count). The average Bonchev–Trinajstić information content (AvgIpc) is 2.62. The van der Waals surface area contributed by atoms with Gasteiger partial charge in [0.05, 0.1) is 22.1 Å². The van der Waals surface area contributed by atoms with Crippen molar-refractivity contribution >= 4 is 38.0 Å². The Morgan fingerprint density at radius 1 is 1.43 bits per heavy atom. The summed E-state index contributed by atoms with van der Waals surface area (Å²) in [6, 6.07) is 1.46. The molecule has 0 bridgehead atoms. The van der Waals surface area contributed by atoms with Gasteiger partial charge < -0.3 is 4.74 Å². The van der Waals surface area contributed by atoms with Crippen LogP contribution >= 0.6 is 22.7 Å². The van der Waals surface area contributed by atoms with Crippen molar-refractivity contribution in [2.45, 2.75) is 0 Å². The van der Waals surface area contributed by atoms with Gasteiger partial charge in [-0.25, -0.2) is 4.79 Å². The maximum atomic E-state index is 11.5. The van der Waals surface area contributed by atoms with Crippen molar-refractivity contribution < 1.29 is 9.53 Å². The highest BCUT2D eigenvalue weighted by Crippen LogP contribution is 2.26. The second kappa shape index (κ2) is 3.51. The molecule has 0 aromatic carbocycles. The lowest BCUT2D eigenvalue weighted by molar-refractivity contribution is 0.0603. The molecule has 0 aliphatic heterocycles. The quantitative estimate of drug-likeness (QED) is 0.699. The number of hydrogen-bond acceptors (Lipinski definition) is 5. The lowest BCUT2D eigenvalue weighted by Crippen LogP contribution is -2.05. The smallest absolute Gasteiger partial charge is 0.339 e. The van der Waals surface area contributed by atoms with Gasteiger partial charge in [-0.15, -0.1) is 22.7 Å². The Morgan fingerprint density at radius 2 is 2.21 bits per heavy atom. The van der Waals surface area contributed by atoms with Gasteiger partial charge in [-0.05, 0) is 11.4 Å². The minimum Gasteiger partial charge on any atom is -0.465 e. The summed E-state index contributed by atoms with van der Waals surface area (Å²) < 4.78 is 5.45. The summed E-state index contributed by atoms with van der Waals surface area (Å²) in [4.78, 5) is 22.8. The number of esters is 1. The van der Waals surface area contributed by atoms with E-state index in [0.717, 1.165) is 4.01 Å². The Morgan fingerprint density at radius 3 is 2.93 bits per heavy atom. The fourth-order valence-corrected chi connectivity index (χ4v) is 3.11. The van der Waals surface area contributed by atoms with Gasteiger partial charge in [-0.1, -0.05) is 0 Å². The predicted molar refractivity (Wildman–Crippen MR) is 57.3 cm³/mol. The maximum Gasteiger partial charge on any atom is 0.339 e. The Balaban J connectivity index is 2.80. The van der Waals surface area contributed by atoms with E-state index < -0.39 is 5.97 Å². The summed E-state index contributed by atoms with van der Waals surface area (Å²) in [5, 5.41) is 3.87. The van der Waals surface area contributed by atoms with Crippen LogP contribution in [-0.4, -0.2) is 13.1 Å². The van der Waals surface area contributed by atoms with E-state index in [4.69, 9.17) is 0 Å². The van der Waals surface area contributed by atoms with E-state index in [1.807, 2.05) is 0 Å². The van der Waals surface area contributed by atoms with Crippen LogP contribution in [0.1, 0.15) is 10.4 Å². The molecule has 0 aliphatic rings. The monoisotopic (exact) mass is 226 g/mol. The molecule has 0 spiro atoms. The van der Waals surface area contributed by atoms with E-state index in [1.165, 1.54) is 35.8 Å². The van der Waals surface area contributed by atoms with Gasteiger partial charge in [0, 0.05) is 5.38 Å². The molecule has 0 saturated carbocycles.